The van der Waals surface area contributed by atoms with Gasteiger partial charge in [-0.25, -0.2) is 9.50 Å². The van der Waals surface area contributed by atoms with Crippen molar-refractivity contribution in [1.82, 2.24) is 24.4 Å². The van der Waals surface area contributed by atoms with Crippen LogP contribution in [0.5, 0.6) is 0 Å². The molecular formula is C18H13F4N5. The molecule has 0 bridgehead atoms. The lowest BCUT2D eigenvalue weighted by Gasteiger charge is -2.08. The first-order valence-corrected chi connectivity index (χ1v) is 8.41. The molecule has 138 valence electrons. The lowest BCUT2D eigenvalue weighted by molar-refractivity contribution is -0.141. The Morgan fingerprint density at radius 2 is 2.00 bits per heavy atom. The highest BCUT2D eigenvalue weighted by molar-refractivity contribution is 5.79. The van der Waals surface area contributed by atoms with Crippen LogP contribution in [0.25, 0.3) is 16.6 Å². The van der Waals surface area contributed by atoms with Crippen molar-refractivity contribution < 1.29 is 17.6 Å². The van der Waals surface area contributed by atoms with E-state index in [2.05, 4.69) is 15.2 Å². The number of fused-ring (bicyclic) bond motifs is 2. The van der Waals surface area contributed by atoms with Gasteiger partial charge in [0.05, 0.1) is 11.7 Å². The summed E-state index contributed by atoms with van der Waals surface area (Å²) in [6, 6.07) is 6.76. The van der Waals surface area contributed by atoms with Crippen LogP contribution >= 0.6 is 0 Å². The Hall–Kier alpha value is -2.97. The van der Waals surface area contributed by atoms with Gasteiger partial charge in [0, 0.05) is 29.4 Å². The second kappa shape index (κ2) is 5.51. The molecule has 0 amide bonds. The molecule has 1 aliphatic carbocycles. The average molecular weight is 375 g/mol. The maximum atomic E-state index is 13.8. The van der Waals surface area contributed by atoms with Crippen LogP contribution in [-0.2, 0) is 6.54 Å². The zero-order chi connectivity index (χ0) is 18.8. The molecule has 27 heavy (non-hydrogen) atoms. The Labute approximate surface area is 150 Å². The van der Waals surface area contributed by atoms with Gasteiger partial charge in [-0.05, 0) is 36.0 Å². The highest BCUT2D eigenvalue weighted by Gasteiger charge is 2.41. The van der Waals surface area contributed by atoms with Crippen LogP contribution in [0.3, 0.4) is 0 Å². The Balaban J connectivity index is 1.46. The van der Waals surface area contributed by atoms with Gasteiger partial charge in [0.25, 0.3) is 0 Å². The second-order valence-corrected chi connectivity index (χ2v) is 6.80. The van der Waals surface area contributed by atoms with Crippen molar-refractivity contribution in [3.63, 3.8) is 0 Å². The summed E-state index contributed by atoms with van der Waals surface area (Å²) in [6.45, 7) is -1.12. The topological polar surface area (TPSA) is 48.0 Å². The van der Waals surface area contributed by atoms with E-state index < -0.39 is 18.7 Å². The van der Waals surface area contributed by atoms with Gasteiger partial charge < -0.3 is 0 Å². The Kier molecular flexibility index (Phi) is 3.31. The fourth-order valence-corrected chi connectivity index (χ4v) is 3.72. The third kappa shape index (κ3) is 2.83. The first-order chi connectivity index (χ1) is 12.9. The van der Waals surface area contributed by atoms with Crippen molar-refractivity contribution in [3.05, 3.63) is 59.9 Å². The Morgan fingerprint density at radius 1 is 1.15 bits per heavy atom. The minimum absolute atomic E-state index is 0.107. The molecule has 0 N–H and O–H groups in total. The van der Waals surface area contributed by atoms with Crippen molar-refractivity contribution in [1.29, 1.82) is 0 Å². The van der Waals surface area contributed by atoms with Crippen LogP contribution in [0.1, 0.15) is 29.4 Å². The second-order valence-electron chi connectivity index (χ2n) is 6.80. The number of hydrogen-bond acceptors (Lipinski definition) is 3. The summed E-state index contributed by atoms with van der Waals surface area (Å²) in [5, 5.41) is 8.27. The van der Waals surface area contributed by atoms with E-state index in [1.165, 1.54) is 16.8 Å². The number of alkyl halides is 3. The molecule has 9 heteroatoms. The van der Waals surface area contributed by atoms with Crippen LogP contribution in [-0.4, -0.2) is 30.6 Å². The maximum Gasteiger partial charge on any atom is 0.408 e. The van der Waals surface area contributed by atoms with Crippen molar-refractivity contribution in [2.75, 3.05) is 0 Å². The molecule has 0 saturated heterocycles. The molecule has 3 aromatic heterocycles. The molecule has 1 aromatic carbocycles. The number of nitrogens with zero attached hydrogens (tertiary/aromatic N) is 5. The first kappa shape index (κ1) is 16.2. The summed E-state index contributed by atoms with van der Waals surface area (Å²) < 4.78 is 54.0. The van der Waals surface area contributed by atoms with Gasteiger partial charge in [0.1, 0.15) is 6.54 Å². The number of imidazole rings is 1. The lowest BCUT2D eigenvalue weighted by atomic mass is 10.0. The number of rotatable bonds is 3. The van der Waals surface area contributed by atoms with Crippen LogP contribution in [0.15, 0.2) is 42.9 Å². The normalized spacial score (nSPS) is 19.9. The van der Waals surface area contributed by atoms with E-state index in [-0.39, 0.29) is 11.8 Å². The summed E-state index contributed by atoms with van der Waals surface area (Å²) >= 11 is 0. The molecule has 0 unspecified atom stereocenters. The quantitative estimate of drug-likeness (QED) is 0.508. The van der Waals surface area contributed by atoms with E-state index >= 15 is 0 Å². The summed E-state index contributed by atoms with van der Waals surface area (Å²) in [5.74, 6) is -0.289. The maximum absolute atomic E-state index is 13.8. The van der Waals surface area contributed by atoms with Gasteiger partial charge in [-0.2, -0.15) is 22.7 Å². The summed E-state index contributed by atoms with van der Waals surface area (Å²) in [5.41, 5.74) is 2.87. The molecule has 0 spiro atoms. The van der Waals surface area contributed by atoms with Gasteiger partial charge in [-0.15, -0.1) is 5.10 Å². The van der Waals surface area contributed by atoms with Gasteiger partial charge >= 0.3 is 6.18 Å². The fraction of sp³-hybridized carbons (Fsp3) is 0.278. The van der Waals surface area contributed by atoms with Crippen LogP contribution in [0.4, 0.5) is 17.6 Å². The van der Waals surface area contributed by atoms with Crippen molar-refractivity contribution in [2.45, 2.75) is 31.0 Å². The molecule has 0 radical (unpaired) electrons. The Morgan fingerprint density at radius 3 is 2.81 bits per heavy atom. The van der Waals surface area contributed by atoms with Crippen molar-refractivity contribution in [3.8, 4) is 0 Å². The minimum atomic E-state index is -4.32. The van der Waals surface area contributed by atoms with Crippen LogP contribution < -0.4 is 0 Å². The van der Waals surface area contributed by atoms with Gasteiger partial charge in [-0.3, -0.25) is 4.68 Å². The van der Waals surface area contributed by atoms with Crippen LogP contribution in [0.2, 0.25) is 0 Å². The number of benzene rings is 1. The van der Waals surface area contributed by atoms with E-state index in [0.717, 1.165) is 22.2 Å². The number of aromatic nitrogens is 5. The predicted octanol–water partition coefficient (Wildman–Crippen LogP) is 4.05. The van der Waals surface area contributed by atoms with Crippen molar-refractivity contribution in [2.24, 2.45) is 0 Å². The average Bonchev–Trinajstić information content (AvgIpc) is 3.10. The predicted molar refractivity (Wildman–Crippen MR) is 88.8 cm³/mol. The summed E-state index contributed by atoms with van der Waals surface area (Å²) in [7, 11) is 0. The van der Waals surface area contributed by atoms with Gasteiger partial charge in [0.2, 0.25) is 5.95 Å². The van der Waals surface area contributed by atoms with E-state index in [1.807, 2.05) is 12.1 Å². The lowest BCUT2D eigenvalue weighted by Crippen LogP contribution is -2.18. The molecule has 3 heterocycles. The molecular weight excluding hydrogens is 362 g/mol. The van der Waals surface area contributed by atoms with E-state index in [9.17, 15) is 17.6 Å². The molecule has 4 aromatic rings. The molecule has 2 atom stereocenters. The van der Waals surface area contributed by atoms with Gasteiger partial charge in [0.15, 0.2) is 5.65 Å². The smallest absolute Gasteiger partial charge is 0.256 e. The largest absolute Gasteiger partial charge is 0.408 e. The zero-order valence-corrected chi connectivity index (χ0v) is 13.9. The zero-order valence-electron chi connectivity index (χ0n) is 13.9. The number of hydrogen-bond donors (Lipinski definition) is 0. The molecule has 1 saturated carbocycles. The van der Waals surface area contributed by atoms with E-state index in [4.69, 9.17) is 0 Å². The summed E-state index contributed by atoms with van der Waals surface area (Å²) in [6.07, 6.45) is 1.12. The fourth-order valence-electron chi connectivity index (χ4n) is 3.72. The standard InChI is InChI=1S/C18H13F4N5/c19-16-7-14(17-23-3-4-26(17)25-16)13-6-12(13)10-1-2-15-11(5-10)8-24-27(15)9-18(20,21)22/h1-5,7-8,12-13H,6,9H2/t12-,13+/m1/s1. The number of halogens is 4. The molecule has 1 aliphatic rings. The monoisotopic (exact) mass is 375 g/mol. The van der Waals surface area contributed by atoms with E-state index in [0.29, 0.717) is 16.6 Å². The minimum Gasteiger partial charge on any atom is -0.256 e. The summed E-state index contributed by atoms with van der Waals surface area (Å²) in [4.78, 5) is 4.25. The third-order valence-electron chi connectivity index (χ3n) is 4.97. The Bertz CT molecular complexity index is 1160. The van der Waals surface area contributed by atoms with Crippen molar-refractivity contribution >= 4 is 16.6 Å². The third-order valence-corrected chi connectivity index (χ3v) is 4.97. The first-order valence-electron chi connectivity index (χ1n) is 8.41. The highest BCUT2D eigenvalue weighted by Crippen LogP contribution is 2.55. The van der Waals surface area contributed by atoms with Gasteiger partial charge in [-0.1, -0.05) is 6.07 Å². The molecule has 5 nitrogen and oxygen atoms in total. The van der Waals surface area contributed by atoms with E-state index in [1.54, 1.807) is 18.5 Å². The SMILES string of the molecule is Fc1cc([C@H]2C[C@@H]2c2ccc3c(cnn3CC(F)(F)F)c2)c2nccn2n1. The van der Waals surface area contributed by atoms with Crippen LogP contribution in [0, 0.1) is 5.95 Å². The molecule has 0 aliphatic heterocycles. The highest BCUT2D eigenvalue weighted by atomic mass is 19.4. The molecule has 5 rings (SSSR count). The molecule has 1 fully saturated rings.